The topological polar surface area (TPSA) is 12.0 Å². The number of halogens is 1. The fraction of sp³-hybridized carbons (Fsp3) is 0.333. The summed E-state index contributed by atoms with van der Waals surface area (Å²) in [6.07, 6.45) is 1.08. The van der Waals surface area contributed by atoms with Gasteiger partial charge in [0.15, 0.2) is 0 Å². The van der Waals surface area contributed by atoms with Crippen LogP contribution in [0.25, 0.3) is 10.8 Å². The van der Waals surface area contributed by atoms with E-state index in [0.29, 0.717) is 6.04 Å². The van der Waals surface area contributed by atoms with E-state index < -0.39 is 0 Å². The largest absolute Gasteiger partial charge is 0.310 e. The average Bonchev–Trinajstić information content (AvgIpc) is 2.37. The van der Waals surface area contributed by atoms with E-state index in [2.05, 4.69) is 43.4 Å². The molecular formula is C15H18ClN. The molecule has 17 heavy (non-hydrogen) atoms. The predicted octanol–water partition coefficient (Wildman–Crippen LogP) is 4.55. The number of rotatable bonds is 4. The first-order chi connectivity index (χ1) is 8.27. The lowest BCUT2D eigenvalue weighted by Gasteiger charge is -2.19. The van der Waals surface area contributed by atoms with Crippen molar-refractivity contribution in [2.45, 2.75) is 26.3 Å². The van der Waals surface area contributed by atoms with Crippen LogP contribution in [0.1, 0.15) is 31.9 Å². The minimum absolute atomic E-state index is 0.405. The monoisotopic (exact) mass is 247 g/mol. The fourth-order valence-corrected chi connectivity index (χ4v) is 2.54. The zero-order valence-corrected chi connectivity index (χ0v) is 11.1. The third kappa shape index (κ3) is 2.46. The van der Waals surface area contributed by atoms with Crippen LogP contribution in [0.3, 0.4) is 0 Å². The van der Waals surface area contributed by atoms with Crippen LogP contribution in [0, 0.1) is 0 Å². The molecule has 0 radical (unpaired) electrons. The first kappa shape index (κ1) is 12.4. The summed E-state index contributed by atoms with van der Waals surface area (Å²) in [5, 5.41) is 6.75. The van der Waals surface area contributed by atoms with Crippen LogP contribution in [0.5, 0.6) is 0 Å². The molecule has 0 heterocycles. The number of benzene rings is 2. The first-order valence-corrected chi connectivity index (χ1v) is 6.56. The average molecular weight is 248 g/mol. The van der Waals surface area contributed by atoms with Gasteiger partial charge in [0.25, 0.3) is 0 Å². The second-order valence-electron chi connectivity index (χ2n) is 4.20. The molecular weight excluding hydrogens is 230 g/mol. The standard InChI is InChI=1S/C15H18ClN/c1-3-15(17-4-2)13-9-10-14(16)12-8-6-5-7-11(12)13/h5-10,15,17H,3-4H2,1-2H3. The van der Waals surface area contributed by atoms with Gasteiger partial charge < -0.3 is 5.32 Å². The van der Waals surface area contributed by atoms with E-state index in [9.17, 15) is 0 Å². The molecule has 2 heteroatoms. The molecule has 0 saturated carbocycles. The molecule has 0 spiro atoms. The van der Waals surface area contributed by atoms with Gasteiger partial charge in [-0.05, 0) is 30.0 Å². The number of nitrogens with one attached hydrogen (secondary N) is 1. The van der Waals surface area contributed by atoms with Crippen LogP contribution >= 0.6 is 11.6 Å². The Kier molecular flexibility index (Phi) is 4.03. The minimum Gasteiger partial charge on any atom is -0.310 e. The highest BCUT2D eigenvalue weighted by Crippen LogP contribution is 2.30. The Morgan fingerprint density at radius 2 is 1.76 bits per heavy atom. The van der Waals surface area contributed by atoms with Crippen molar-refractivity contribution in [2.75, 3.05) is 6.54 Å². The molecule has 2 aromatic carbocycles. The molecule has 1 unspecified atom stereocenters. The predicted molar refractivity (Wildman–Crippen MR) is 75.7 cm³/mol. The Morgan fingerprint density at radius 1 is 1.06 bits per heavy atom. The van der Waals surface area contributed by atoms with Gasteiger partial charge in [-0.25, -0.2) is 0 Å². The molecule has 1 N–H and O–H groups in total. The molecule has 2 rings (SSSR count). The smallest absolute Gasteiger partial charge is 0.0484 e. The maximum Gasteiger partial charge on any atom is 0.0484 e. The van der Waals surface area contributed by atoms with Gasteiger partial charge in [-0.1, -0.05) is 55.8 Å². The normalized spacial score (nSPS) is 12.9. The van der Waals surface area contributed by atoms with Crippen LogP contribution in [-0.4, -0.2) is 6.54 Å². The molecule has 0 amide bonds. The summed E-state index contributed by atoms with van der Waals surface area (Å²) in [6, 6.07) is 12.9. The second kappa shape index (κ2) is 5.52. The first-order valence-electron chi connectivity index (χ1n) is 6.18. The van der Waals surface area contributed by atoms with E-state index in [1.807, 2.05) is 12.1 Å². The van der Waals surface area contributed by atoms with Crippen molar-refractivity contribution in [1.82, 2.24) is 5.32 Å². The Morgan fingerprint density at radius 3 is 2.41 bits per heavy atom. The van der Waals surface area contributed by atoms with Crippen LogP contribution in [-0.2, 0) is 0 Å². The zero-order chi connectivity index (χ0) is 12.3. The van der Waals surface area contributed by atoms with Crippen LogP contribution < -0.4 is 5.32 Å². The van der Waals surface area contributed by atoms with Crippen molar-refractivity contribution >= 4 is 22.4 Å². The van der Waals surface area contributed by atoms with Crippen LogP contribution in [0.15, 0.2) is 36.4 Å². The fourth-order valence-electron chi connectivity index (χ4n) is 2.31. The van der Waals surface area contributed by atoms with E-state index in [4.69, 9.17) is 11.6 Å². The van der Waals surface area contributed by atoms with Crippen molar-refractivity contribution < 1.29 is 0 Å². The Bertz CT molecular complexity index is 507. The Hall–Kier alpha value is -1.05. The molecule has 0 aromatic heterocycles. The second-order valence-corrected chi connectivity index (χ2v) is 4.61. The molecule has 2 aromatic rings. The maximum atomic E-state index is 6.23. The summed E-state index contributed by atoms with van der Waals surface area (Å²) in [5.74, 6) is 0. The van der Waals surface area contributed by atoms with E-state index in [1.165, 1.54) is 10.9 Å². The van der Waals surface area contributed by atoms with Gasteiger partial charge >= 0.3 is 0 Å². The van der Waals surface area contributed by atoms with Gasteiger partial charge in [-0.2, -0.15) is 0 Å². The van der Waals surface area contributed by atoms with Crippen LogP contribution in [0.2, 0.25) is 5.02 Å². The van der Waals surface area contributed by atoms with Gasteiger partial charge in [0.1, 0.15) is 0 Å². The van der Waals surface area contributed by atoms with Crippen molar-refractivity contribution in [3.05, 3.63) is 47.0 Å². The highest BCUT2D eigenvalue weighted by Gasteiger charge is 2.12. The highest BCUT2D eigenvalue weighted by atomic mass is 35.5. The molecule has 0 bridgehead atoms. The SMILES string of the molecule is CCNC(CC)c1ccc(Cl)c2ccccc12. The summed E-state index contributed by atoms with van der Waals surface area (Å²) in [7, 11) is 0. The number of fused-ring (bicyclic) bond motifs is 1. The summed E-state index contributed by atoms with van der Waals surface area (Å²) in [4.78, 5) is 0. The van der Waals surface area contributed by atoms with E-state index in [-0.39, 0.29) is 0 Å². The summed E-state index contributed by atoms with van der Waals surface area (Å²) in [6.45, 7) is 5.33. The van der Waals surface area contributed by atoms with Gasteiger partial charge in [0.05, 0.1) is 0 Å². The van der Waals surface area contributed by atoms with E-state index >= 15 is 0 Å². The molecule has 0 fully saturated rings. The summed E-state index contributed by atoms with van der Waals surface area (Å²) >= 11 is 6.23. The van der Waals surface area contributed by atoms with Crippen molar-refractivity contribution in [3.8, 4) is 0 Å². The molecule has 90 valence electrons. The number of hydrogen-bond donors (Lipinski definition) is 1. The van der Waals surface area contributed by atoms with E-state index in [1.54, 1.807) is 0 Å². The summed E-state index contributed by atoms with van der Waals surface area (Å²) < 4.78 is 0. The van der Waals surface area contributed by atoms with Crippen LogP contribution in [0.4, 0.5) is 0 Å². The van der Waals surface area contributed by atoms with Gasteiger partial charge in [0.2, 0.25) is 0 Å². The van der Waals surface area contributed by atoms with Gasteiger partial charge in [-0.15, -0.1) is 0 Å². The molecule has 0 aliphatic rings. The molecule has 0 aliphatic heterocycles. The molecule has 0 aliphatic carbocycles. The maximum absolute atomic E-state index is 6.23. The van der Waals surface area contributed by atoms with Crippen molar-refractivity contribution in [3.63, 3.8) is 0 Å². The van der Waals surface area contributed by atoms with Crippen molar-refractivity contribution in [2.24, 2.45) is 0 Å². The minimum atomic E-state index is 0.405. The molecule has 1 atom stereocenters. The van der Waals surface area contributed by atoms with Gasteiger partial charge in [0, 0.05) is 16.5 Å². The quantitative estimate of drug-likeness (QED) is 0.836. The Balaban J connectivity index is 2.57. The lowest BCUT2D eigenvalue weighted by molar-refractivity contribution is 0.541. The van der Waals surface area contributed by atoms with E-state index in [0.717, 1.165) is 23.4 Å². The lowest BCUT2D eigenvalue weighted by atomic mass is 9.97. The van der Waals surface area contributed by atoms with Crippen molar-refractivity contribution in [1.29, 1.82) is 0 Å². The summed E-state index contributed by atoms with van der Waals surface area (Å²) in [5.41, 5.74) is 1.34. The third-order valence-electron chi connectivity index (χ3n) is 3.14. The molecule has 0 saturated heterocycles. The lowest BCUT2D eigenvalue weighted by Crippen LogP contribution is -2.20. The third-order valence-corrected chi connectivity index (χ3v) is 3.47. The zero-order valence-electron chi connectivity index (χ0n) is 10.3. The Labute approximate surface area is 108 Å². The highest BCUT2D eigenvalue weighted by molar-refractivity contribution is 6.35. The number of hydrogen-bond acceptors (Lipinski definition) is 1. The van der Waals surface area contributed by atoms with Gasteiger partial charge in [-0.3, -0.25) is 0 Å². The molecule has 1 nitrogen and oxygen atoms in total.